The minimum atomic E-state index is 0.451. The van der Waals surface area contributed by atoms with E-state index in [1.54, 1.807) is 7.11 Å². The van der Waals surface area contributed by atoms with Gasteiger partial charge in [0.05, 0.1) is 6.61 Å². The van der Waals surface area contributed by atoms with Crippen LogP contribution in [0.4, 0.5) is 11.6 Å². The van der Waals surface area contributed by atoms with Gasteiger partial charge in [-0.1, -0.05) is 13.8 Å². The van der Waals surface area contributed by atoms with Crippen molar-refractivity contribution in [2.45, 2.75) is 27.2 Å². The van der Waals surface area contributed by atoms with Crippen LogP contribution in [0.5, 0.6) is 0 Å². The molecule has 1 rings (SSSR count). The highest BCUT2D eigenvalue weighted by atomic mass is 16.5. The second-order valence-corrected chi connectivity index (χ2v) is 4.51. The zero-order valence-electron chi connectivity index (χ0n) is 12.0. The molecule has 1 aromatic rings. The Labute approximate surface area is 109 Å². The number of nitrogens with zero attached hydrogens (tertiary/aromatic N) is 2. The fourth-order valence-electron chi connectivity index (χ4n) is 1.75. The van der Waals surface area contributed by atoms with Gasteiger partial charge in [0.1, 0.15) is 17.5 Å². The SMILES string of the molecule is CCc1nc(NC)c(C)c(NCC(C)COC)n1. The third-order valence-electron chi connectivity index (χ3n) is 2.81. The Kier molecular flexibility index (Phi) is 5.85. The molecule has 102 valence electrons. The highest BCUT2D eigenvalue weighted by Gasteiger charge is 2.10. The smallest absolute Gasteiger partial charge is 0.134 e. The summed E-state index contributed by atoms with van der Waals surface area (Å²) < 4.78 is 5.13. The van der Waals surface area contributed by atoms with Crippen LogP contribution in [0, 0.1) is 12.8 Å². The third-order valence-corrected chi connectivity index (χ3v) is 2.81. The number of anilines is 2. The minimum absolute atomic E-state index is 0.451. The Morgan fingerprint density at radius 1 is 1.28 bits per heavy atom. The van der Waals surface area contributed by atoms with Crippen LogP contribution in [-0.2, 0) is 11.2 Å². The van der Waals surface area contributed by atoms with Gasteiger partial charge in [-0.15, -0.1) is 0 Å². The molecule has 0 aliphatic rings. The summed E-state index contributed by atoms with van der Waals surface area (Å²) in [6, 6.07) is 0. The number of ether oxygens (including phenoxy) is 1. The van der Waals surface area contributed by atoms with Gasteiger partial charge in [-0.25, -0.2) is 9.97 Å². The van der Waals surface area contributed by atoms with Crippen LogP contribution >= 0.6 is 0 Å². The number of rotatable bonds is 7. The summed E-state index contributed by atoms with van der Waals surface area (Å²) in [6.07, 6.45) is 0.831. The van der Waals surface area contributed by atoms with E-state index < -0.39 is 0 Å². The molecule has 0 bridgehead atoms. The minimum Gasteiger partial charge on any atom is -0.384 e. The first-order valence-electron chi connectivity index (χ1n) is 6.40. The van der Waals surface area contributed by atoms with Crippen molar-refractivity contribution in [3.63, 3.8) is 0 Å². The van der Waals surface area contributed by atoms with Crippen molar-refractivity contribution in [3.8, 4) is 0 Å². The Bertz CT molecular complexity index is 381. The molecular formula is C13H24N4O. The Morgan fingerprint density at radius 2 is 1.94 bits per heavy atom. The van der Waals surface area contributed by atoms with Gasteiger partial charge in [-0.2, -0.15) is 0 Å². The van der Waals surface area contributed by atoms with Gasteiger partial charge in [0.25, 0.3) is 0 Å². The molecule has 5 heteroatoms. The fourth-order valence-corrected chi connectivity index (χ4v) is 1.75. The van der Waals surface area contributed by atoms with Crippen molar-refractivity contribution in [3.05, 3.63) is 11.4 Å². The van der Waals surface area contributed by atoms with Crippen LogP contribution in [0.3, 0.4) is 0 Å². The van der Waals surface area contributed by atoms with Crippen molar-refractivity contribution in [2.24, 2.45) is 5.92 Å². The maximum atomic E-state index is 5.13. The second-order valence-electron chi connectivity index (χ2n) is 4.51. The molecule has 2 N–H and O–H groups in total. The van der Waals surface area contributed by atoms with Crippen molar-refractivity contribution >= 4 is 11.6 Å². The number of hydrogen-bond donors (Lipinski definition) is 2. The molecule has 0 aliphatic heterocycles. The van der Waals surface area contributed by atoms with E-state index in [0.717, 1.165) is 42.6 Å². The van der Waals surface area contributed by atoms with Gasteiger partial charge in [0.15, 0.2) is 0 Å². The van der Waals surface area contributed by atoms with E-state index in [-0.39, 0.29) is 0 Å². The first-order chi connectivity index (χ1) is 8.62. The molecule has 1 aromatic heterocycles. The highest BCUT2D eigenvalue weighted by Crippen LogP contribution is 2.20. The quantitative estimate of drug-likeness (QED) is 0.778. The second kappa shape index (κ2) is 7.16. The van der Waals surface area contributed by atoms with Gasteiger partial charge in [-0.05, 0) is 12.8 Å². The van der Waals surface area contributed by atoms with Gasteiger partial charge in [0.2, 0.25) is 0 Å². The maximum absolute atomic E-state index is 5.13. The third kappa shape index (κ3) is 3.84. The number of methoxy groups -OCH3 is 1. The standard InChI is InChI=1S/C13H24N4O/c1-6-11-16-12(14-4)10(3)13(17-11)15-7-9(2)8-18-5/h9H,6-8H2,1-5H3,(H2,14,15,16,17). The van der Waals surface area contributed by atoms with Gasteiger partial charge in [0, 0.05) is 32.7 Å². The van der Waals surface area contributed by atoms with E-state index in [0.29, 0.717) is 5.92 Å². The summed E-state index contributed by atoms with van der Waals surface area (Å²) in [6.45, 7) is 7.82. The molecule has 18 heavy (non-hydrogen) atoms. The molecule has 0 fully saturated rings. The van der Waals surface area contributed by atoms with Crippen LogP contribution in [0.15, 0.2) is 0 Å². The van der Waals surface area contributed by atoms with E-state index in [1.165, 1.54) is 0 Å². The summed E-state index contributed by atoms with van der Waals surface area (Å²) in [4.78, 5) is 8.97. The summed E-state index contributed by atoms with van der Waals surface area (Å²) in [5.74, 6) is 3.11. The molecule has 0 saturated heterocycles. The molecule has 5 nitrogen and oxygen atoms in total. The van der Waals surface area contributed by atoms with E-state index in [2.05, 4.69) is 34.4 Å². The Balaban J connectivity index is 2.80. The molecule has 0 saturated carbocycles. The monoisotopic (exact) mass is 252 g/mol. The molecule has 0 spiro atoms. The van der Waals surface area contributed by atoms with Crippen LogP contribution in [0.2, 0.25) is 0 Å². The highest BCUT2D eigenvalue weighted by molar-refractivity contribution is 5.56. The normalized spacial score (nSPS) is 12.3. The number of hydrogen-bond acceptors (Lipinski definition) is 5. The lowest BCUT2D eigenvalue weighted by molar-refractivity contribution is 0.164. The van der Waals surface area contributed by atoms with Crippen molar-refractivity contribution in [1.82, 2.24) is 9.97 Å². The molecule has 1 heterocycles. The van der Waals surface area contributed by atoms with E-state index in [4.69, 9.17) is 4.74 Å². The lowest BCUT2D eigenvalue weighted by atomic mass is 10.2. The average molecular weight is 252 g/mol. The lowest BCUT2D eigenvalue weighted by Crippen LogP contribution is -2.18. The zero-order valence-corrected chi connectivity index (χ0v) is 12.0. The fraction of sp³-hybridized carbons (Fsp3) is 0.692. The van der Waals surface area contributed by atoms with Crippen LogP contribution < -0.4 is 10.6 Å². The predicted molar refractivity (Wildman–Crippen MR) is 75.2 cm³/mol. The Morgan fingerprint density at radius 3 is 2.50 bits per heavy atom. The van der Waals surface area contributed by atoms with Crippen LogP contribution in [-0.4, -0.2) is 37.3 Å². The molecule has 1 atom stereocenters. The molecule has 0 aliphatic carbocycles. The topological polar surface area (TPSA) is 59.1 Å². The summed E-state index contributed by atoms with van der Waals surface area (Å²) >= 11 is 0. The number of aryl methyl sites for hydroxylation is 1. The van der Waals surface area contributed by atoms with E-state index >= 15 is 0 Å². The molecule has 1 unspecified atom stereocenters. The van der Waals surface area contributed by atoms with Crippen molar-refractivity contribution in [2.75, 3.05) is 37.9 Å². The molecule has 0 amide bonds. The number of nitrogens with one attached hydrogen (secondary N) is 2. The molecule has 0 aromatic carbocycles. The van der Waals surface area contributed by atoms with E-state index in [1.807, 2.05) is 14.0 Å². The molecular weight excluding hydrogens is 228 g/mol. The summed E-state index contributed by atoms with van der Waals surface area (Å²) in [7, 11) is 3.60. The zero-order chi connectivity index (χ0) is 13.5. The average Bonchev–Trinajstić information content (AvgIpc) is 2.38. The first-order valence-corrected chi connectivity index (χ1v) is 6.40. The van der Waals surface area contributed by atoms with Gasteiger partial charge in [-0.3, -0.25) is 0 Å². The Hall–Kier alpha value is -1.36. The summed E-state index contributed by atoms with van der Waals surface area (Å²) in [5, 5.41) is 6.48. The lowest BCUT2D eigenvalue weighted by Gasteiger charge is -2.16. The van der Waals surface area contributed by atoms with Crippen LogP contribution in [0.1, 0.15) is 25.2 Å². The molecule has 0 radical (unpaired) electrons. The first kappa shape index (κ1) is 14.7. The van der Waals surface area contributed by atoms with Gasteiger partial charge < -0.3 is 15.4 Å². The van der Waals surface area contributed by atoms with E-state index in [9.17, 15) is 0 Å². The van der Waals surface area contributed by atoms with Gasteiger partial charge >= 0.3 is 0 Å². The number of aromatic nitrogens is 2. The van der Waals surface area contributed by atoms with Crippen LogP contribution in [0.25, 0.3) is 0 Å². The van der Waals surface area contributed by atoms with Crippen molar-refractivity contribution < 1.29 is 4.74 Å². The predicted octanol–water partition coefficient (Wildman–Crippen LogP) is 2.08. The largest absolute Gasteiger partial charge is 0.384 e. The van der Waals surface area contributed by atoms with Crippen molar-refractivity contribution in [1.29, 1.82) is 0 Å². The summed E-state index contributed by atoms with van der Waals surface area (Å²) in [5.41, 5.74) is 1.05. The maximum Gasteiger partial charge on any atom is 0.134 e.